The van der Waals surface area contributed by atoms with Gasteiger partial charge in [0, 0.05) is 31.8 Å². The van der Waals surface area contributed by atoms with Crippen molar-refractivity contribution in [3.05, 3.63) is 29.3 Å². The number of carbonyl (C=O) groups excluding carboxylic acids is 3. The molecule has 2 unspecified atom stereocenters. The van der Waals surface area contributed by atoms with E-state index in [0.29, 0.717) is 52.1 Å². The monoisotopic (exact) mass is 1290 g/mol. The van der Waals surface area contributed by atoms with Gasteiger partial charge in [-0.2, -0.15) is 13.2 Å². The third-order valence-electron chi connectivity index (χ3n) is 7.60. The number of hydrogen-bond acceptors (Lipinski definition) is 14. The Bertz CT molecular complexity index is 1440. The molecule has 18 nitrogen and oxygen atoms in total. The molecule has 6 N–H and O–H groups in total. The summed E-state index contributed by atoms with van der Waals surface area (Å²) in [6, 6.07) is 3.34. The van der Waals surface area contributed by atoms with Crippen LogP contribution in [-0.4, -0.2) is 116 Å². The molecule has 2 atom stereocenters. The van der Waals surface area contributed by atoms with Crippen LogP contribution in [0.5, 0.6) is 5.75 Å². The summed E-state index contributed by atoms with van der Waals surface area (Å²) in [4.78, 5) is 55.5. The van der Waals surface area contributed by atoms with Crippen LogP contribution in [0.3, 0.4) is 0 Å². The number of rotatable bonds is 17. The molecule has 0 aliphatic carbocycles. The SMILES string of the molecule is CC(C)C(=O)COC(=O)c1cc(COC(=O)NC(OC[N+]2(CCCN)CCCNCC2)C(F)(F)F)ccc1OP1(=O)OCC(OP(=O)(O)O)CO1.[Fm].[Fm]. The van der Waals surface area contributed by atoms with E-state index < -0.39 is 95.7 Å². The van der Waals surface area contributed by atoms with Gasteiger partial charge in [-0.05, 0) is 24.2 Å². The minimum Gasteiger partial charge on any atom is -0.454 e. The molecule has 2 saturated heterocycles. The van der Waals surface area contributed by atoms with Gasteiger partial charge in [0.25, 0.3) is 0 Å². The number of esters is 1. The summed E-state index contributed by atoms with van der Waals surface area (Å²) in [5.74, 6) is -2.54. The van der Waals surface area contributed by atoms with Crippen LogP contribution in [0, 0.1) is 5.92 Å². The summed E-state index contributed by atoms with van der Waals surface area (Å²) in [6.07, 6.45) is -9.21. The molecule has 2 heterocycles. The normalized spacial score (nSPS) is 22.7. The predicted molar refractivity (Wildman–Crippen MR) is 169 cm³/mol. The van der Waals surface area contributed by atoms with E-state index in [1.54, 1.807) is 19.2 Å². The fourth-order valence-corrected chi connectivity index (χ4v) is 6.62. The molecular weight excluding hydrogens is 1250 g/mol. The number of halogens is 3. The summed E-state index contributed by atoms with van der Waals surface area (Å²) < 4.78 is 101. The van der Waals surface area contributed by atoms with Gasteiger partial charge in [-0.1, -0.05) is 19.9 Å². The maximum absolute atomic E-state index is 13.9. The van der Waals surface area contributed by atoms with Gasteiger partial charge in [0.1, 0.15) is 24.0 Å². The number of phosphoric acid groups is 2. The second kappa shape index (κ2) is 20.0. The van der Waals surface area contributed by atoms with Crippen molar-refractivity contribution < 1.29 is 83.3 Å². The van der Waals surface area contributed by atoms with Crippen LogP contribution in [0.2, 0.25) is 0 Å². The van der Waals surface area contributed by atoms with E-state index in [1.165, 1.54) is 6.07 Å². The molecule has 1 aromatic carbocycles. The fourth-order valence-electron chi connectivity index (χ4n) is 4.83. The van der Waals surface area contributed by atoms with Gasteiger partial charge in [-0.25, -0.2) is 18.7 Å². The zero-order valence-corrected chi connectivity index (χ0v) is 35.2. The van der Waals surface area contributed by atoms with E-state index in [9.17, 15) is 36.7 Å². The first kappa shape index (κ1) is 46.3. The Kier molecular flexibility index (Phi) is 17.5. The number of carbonyl (C=O) groups is 3. The molecule has 1 aromatic rings. The summed E-state index contributed by atoms with van der Waals surface area (Å²) in [5.41, 5.74) is 5.22. The number of quaternary nitrogens is 1. The number of nitrogens with zero attached hydrogens (tertiary/aromatic N) is 1. The molecule has 0 aromatic heterocycles. The first-order chi connectivity index (χ1) is 23.8. The molecule has 0 radical (unpaired) electrons. The first-order valence-electron chi connectivity index (χ1n) is 15.9. The van der Waals surface area contributed by atoms with Crippen LogP contribution in [-0.2, 0) is 48.3 Å². The Labute approximate surface area is 291 Å². The van der Waals surface area contributed by atoms with Crippen LogP contribution in [0.15, 0.2) is 18.2 Å². The zero-order chi connectivity index (χ0) is 37.9. The Morgan fingerprint density at radius 2 is 1.81 bits per heavy atom. The molecule has 53 heavy (non-hydrogen) atoms. The number of alkyl halides is 3. The Morgan fingerprint density at radius 1 is 1.13 bits per heavy atom. The van der Waals surface area contributed by atoms with E-state index in [4.69, 9.17) is 43.3 Å². The van der Waals surface area contributed by atoms with Crippen molar-refractivity contribution in [2.24, 2.45) is 11.7 Å². The quantitative estimate of drug-likeness (QED) is 0.0651. The molecule has 2 aliphatic rings. The third-order valence-corrected chi connectivity index (χ3v) is 9.53. The average molecular weight is 1290 g/mol. The van der Waals surface area contributed by atoms with Crippen molar-refractivity contribution in [1.82, 2.24) is 10.6 Å². The average Bonchev–Trinajstić information content (AvgIpc) is 3.29. The molecule has 25 heteroatoms. The second-order valence-electron chi connectivity index (χ2n) is 12.1. The summed E-state index contributed by atoms with van der Waals surface area (Å²) in [5, 5.41) is 4.88. The van der Waals surface area contributed by atoms with Gasteiger partial charge in [0.2, 0.25) is 6.23 Å². The van der Waals surface area contributed by atoms with E-state index in [-0.39, 0.29) is 16.8 Å². The molecule has 1 amide bonds. The van der Waals surface area contributed by atoms with Crippen LogP contribution < -0.4 is 20.9 Å². The van der Waals surface area contributed by atoms with Gasteiger partial charge in [0.05, 0.1) is 32.8 Å². The van der Waals surface area contributed by atoms with Gasteiger partial charge in [0.15, 0.2) is 19.1 Å². The molecule has 0 saturated carbocycles. The Hall–Kier alpha value is -4.68. The first-order valence-corrected chi connectivity index (χ1v) is 18.9. The van der Waals surface area contributed by atoms with Crippen molar-refractivity contribution in [2.45, 2.75) is 51.8 Å². The molecule has 2 aliphatic heterocycles. The van der Waals surface area contributed by atoms with E-state index >= 15 is 0 Å². The minimum atomic E-state index is -4.99. The maximum Gasteiger partial charge on any atom is 0.530 e. The Morgan fingerprint density at radius 3 is 2.42 bits per heavy atom. The van der Waals surface area contributed by atoms with Gasteiger partial charge in [-0.15, -0.1) is 0 Å². The maximum atomic E-state index is 13.9. The molecular formula is C28H44F3Fm2N4O14P2+. The molecule has 2 fully saturated rings. The predicted octanol–water partition coefficient (Wildman–Crippen LogP) is 2.33. The number of nitrogens with one attached hydrogen (secondary N) is 2. The summed E-state index contributed by atoms with van der Waals surface area (Å²) in [7, 11) is -9.43. The van der Waals surface area contributed by atoms with E-state index in [2.05, 4.69) is 9.84 Å². The van der Waals surface area contributed by atoms with E-state index in [0.717, 1.165) is 12.1 Å². The van der Waals surface area contributed by atoms with Crippen LogP contribution >= 0.6 is 15.6 Å². The number of hydrogen-bond donors (Lipinski definition) is 5. The van der Waals surface area contributed by atoms with Gasteiger partial charge in [-0.3, -0.25) is 32.9 Å². The Balaban J connectivity index is 0.00000702. The van der Waals surface area contributed by atoms with Crippen LogP contribution in [0.1, 0.15) is 42.6 Å². The smallest absolute Gasteiger partial charge is 0.454 e. The fraction of sp³-hybridized carbons (Fsp3) is 0.679. The standard InChI is InChI=1S/C28H43F3N4O14P2.2Fm/c1-19(2)23(36)17-43-25(37)22-13-20(5-6-24(22)49-51(42)46-15-21(16-47-51)48-50(39,40)41)14-44-27(38)34-26(28(29,30)31)45-18-35(10-3-7-32)11-4-8-33-9-12-35;;/h5-6,13,19,21,26,33H,3-4,7-12,14-18,32H2,1-2H3,(H2-,34,38,39,40,41);;/p+1. The van der Waals surface area contributed by atoms with Gasteiger partial charge >= 0.3 is 33.9 Å². The number of benzene rings is 1. The largest absolute Gasteiger partial charge is 0.530 e. The second-order valence-corrected chi connectivity index (χ2v) is 14.9. The number of ketones is 1. The number of ether oxygens (including phenoxy) is 3. The van der Waals surface area contributed by atoms with Gasteiger partial charge < -0.3 is 34.8 Å². The molecule has 314 valence electrons. The summed E-state index contributed by atoms with van der Waals surface area (Å²) >= 11 is 0. The van der Waals surface area contributed by atoms with Crippen molar-refractivity contribution >= 4 is 33.5 Å². The molecule has 0 bridgehead atoms. The van der Waals surface area contributed by atoms with Crippen molar-refractivity contribution in [3.63, 3.8) is 0 Å². The van der Waals surface area contributed by atoms with Crippen molar-refractivity contribution in [3.8, 4) is 5.75 Å². The molecule has 0 spiro atoms. The van der Waals surface area contributed by atoms with E-state index in [1.807, 2.05) is 0 Å². The minimum absolute atomic E-state index is 0. The number of Topliss-reactive ketones (excluding diaryl/α,β-unsaturated/α-hetero) is 1. The van der Waals surface area contributed by atoms with Crippen molar-refractivity contribution in [1.29, 1.82) is 0 Å². The van der Waals surface area contributed by atoms with Crippen LogP contribution in [0.4, 0.5) is 18.0 Å². The summed E-state index contributed by atoms with van der Waals surface area (Å²) in [6.45, 7) is 3.41. The zero-order valence-electron chi connectivity index (χ0n) is 28.6. The number of amides is 1. The number of phosphoric ester groups is 2. The number of alkyl carbamates (subject to hydrolysis) is 1. The molecule has 3 rings (SSSR count). The number of nitrogens with two attached hydrogens (primary N) is 1. The van der Waals surface area contributed by atoms with Crippen LogP contribution in [0.25, 0.3) is 0 Å². The third kappa shape index (κ3) is 15.1. The van der Waals surface area contributed by atoms with Crippen molar-refractivity contribution in [2.75, 3.05) is 65.8 Å². The topological polar surface area (TPSA) is 240 Å².